The van der Waals surface area contributed by atoms with Crippen molar-refractivity contribution in [2.45, 2.75) is 6.92 Å². The molecule has 0 saturated heterocycles. The number of aryl methyl sites for hydroxylation is 1. The van der Waals surface area contributed by atoms with Gasteiger partial charge in [-0.05, 0) is 36.8 Å². The number of rotatable bonds is 2. The molecule has 0 fully saturated rings. The predicted octanol–water partition coefficient (Wildman–Crippen LogP) is 3.65. The topological polar surface area (TPSA) is 111 Å². The first-order valence-electron chi connectivity index (χ1n) is 8.51. The number of benzene rings is 2. The summed E-state index contributed by atoms with van der Waals surface area (Å²) >= 11 is 0. The van der Waals surface area contributed by atoms with Gasteiger partial charge in [0.2, 0.25) is 0 Å². The molecule has 1 aliphatic heterocycles. The molecular weight excluding hydrogens is 358 g/mol. The summed E-state index contributed by atoms with van der Waals surface area (Å²) in [6.07, 6.45) is 1.70. The van der Waals surface area contributed by atoms with Gasteiger partial charge in [-0.15, -0.1) is 10.2 Å². The van der Waals surface area contributed by atoms with Crippen molar-refractivity contribution in [3.05, 3.63) is 69.8 Å². The standard InChI is InChI=1S/C19H13N7O2/c1-11-2-3-13-9-14-10-20-25-18(12-4-6-15(7-5-12)26(27)28)23-24-19(25)22-17(14)21-16(13)8-11/h2-10H,1H3,(H,21,22,24). The van der Waals surface area contributed by atoms with E-state index in [0.29, 0.717) is 23.2 Å². The van der Waals surface area contributed by atoms with E-state index in [-0.39, 0.29) is 5.69 Å². The van der Waals surface area contributed by atoms with Gasteiger partial charge < -0.3 is 5.32 Å². The van der Waals surface area contributed by atoms with Gasteiger partial charge >= 0.3 is 0 Å². The predicted molar refractivity (Wildman–Crippen MR) is 105 cm³/mol. The lowest BCUT2D eigenvalue weighted by molar-refractivity contribution is -0.384. The summed E-state index contributed by atoms with van der Waals surface area (Å²) in [5.74, 6) is 1.54. The SMILES string of the molecule is Cc1ccc2cc3c(nc2c1)Nc1nnc(-c2ccc([N+](=O)[O-])cc2)n1N=C3. The second-order valence-corrected chi connectivity index (χ2v) is 6.45. The number of nitro groups is 1. The van der Waals surface area contributed by atoms with Crippen LogP contribution in [0, 0.1) is 17.0 Å². The number of non-ortho nitro benzene ring substituents is 1. The van der Waals surface area contributed by atoms with E-state index in [2.05, 4.69) is 20.6 Å². The molecule has 136 valence electrons. The Morgan fingerprint density at radius 1 is 1.07 bits per heavy atom. The molecule has 0 spiro atoms. The van der Waals surface area contributed by atoms with Crippen LogP contribution in [0.4, 0.5) is 17.5 Å². The van der Waals surface area contributed by atoms with E-state index in [4.69, 9.17) is 4.98 Å². The van der Waals surface area contributed by atoms with Gasteiger partial charge in [-0.3, -0.25) is 10.1 Å². The Morgan fingerprint density at radius 3 is 2.68 bits per heavy atom. The third kappa shape index (κ3) is 2.57. The zero-order valence-corrected chi connectivity index (χ0v) is 14.7. The van der Waals surface area contributed by atoms with Crippen LogP contribution in [0.1, 0.15) is 11.1 Å². The van der Waals surface area contributed by atoms with Gasteiger partial charge in [-0.2, -0.15) is 9.78 Å². The Morgan fingerprint density at radius 2 is 1.89 bits per heavy atom. The Kier molecular flexibility index (Phi) is 3.41. The molecule has 4 aromatic rings. The Labute approximate surface area is 158 Å². The lowest BCUT2D eigenvalue weighted by atomic mass is 10.1. The smallest absolute Gasteiger partial charge is 0.269 e. The van der Waals surface area contributed by atoms with E-state index in [1.54, 1.807) is 23.0 Å². The second-order valence-electron chi connectivity index (χ2n) is 6.45. The number of aromatic nitrogens is 4. The maximum absolute atomic E-state index is 10.9. The molecule has 0 saturated carbocycles. The molecule has 2 aromatic heterocycles. The molecule has 28 heavy (non-hydrogen) atoms. The minimum atomic E-state index is -0.442. The Bertz CT molecular complexity index is 1280. The van der Waals surface area contributed by atoms with Gasteiger partial charge in [0.05, 0.1) is 16.7 Å². The molecule has 0 aliphatic carbocycles. The van der Waals surface area contributed by atoms with Crippen LogP contribution in [0.15, 0.2) is 53.6 Å². The Balaban J connectivity index is 1.59. The quantitative estimate of drug-likeness (QED) is 0.374. The fourth-order valence-corrected chi connectivity index (χ4v) is 3.10. The van der Waals surface area contributed by atoms with Crippen LogP contribution in [0.2, 0.25) is 0 Å². The highest BCUT2D eigenvalue weighted by Gasteiger charge is 2.19. The van der Waals surface area contributed by atoms with E-state index >= 15 is 0 Å². The van der Waals surface area contributed by atoms with Crippen LogP contribution < -0.4 is 5.32 Å². The largest absolute Gasteiger partial charge is 0.307 e. The summed E-state index contributed by atoms with van der Waals surface area (Å²) in [5, 5.41) is 27.9. The molecule has 0 bridgehead atoms. The highest BCUT2D eigenvalue weighted by atomic mass is 16.6. The minimum absolute atomic E-state index is 0.0135. The summed E-state index contributed by atoms with van der Waals surface area (Å²) in [5.41, 5.74) is 3.52. The van der Waals surface area contributed by atoms with Crippen molar-refractivity contribution < 1.29 is 4.92 Å². The molecule has 0 unspecified atom stereocenters. The van der Waals surface area contributed by atoms with Crippen molar-refractivity contribution >= 4 is 34.6 Å². The molecule has 2 aromatic carbocycles. The summed E-state index contributed by atoms with van der Waals surface area (Å²) in [6.45, 7) is 2.02. The summed E-state index contributed by atoms with van der Waals surface area (Å²) in [7, 11) is 0. The van der Waals surface area contributed by atoms with Crippen LogP contribution >= 0.6 is 0 Å². The molecule has 0 radical (unpaired) electrons. The fourth-order valence-electron chi connectivity index (χ4n) is 3.10. The summed E-state index contributed by atoms with van der Waals surface area (Å²) < 4.78 is 1.55. The van der Waals surface area contributed by atoms with Crippen LogP contribution in [-0.4, -0.2) is 31.0 Å². The van der Waals surface area contributed by atoms with Gasteiger partial charge in [-0.25, -0.2) is 4.98 Å². The minimum Gasteiger partial charge on any atom is -0.307 e. The highest BCUT2D eigenvalue weighted by Crippen LogP contribution is 2.28. The number of nitro benzene ring substituents is 1. The first-order chi connectivity index (χ1) is 13.6. The monoisotopic (exact) mass is 371 g/mol. The van der Waals surface area contributed by atoms with Crippen molar-refractivity contribution in [1.29, 1.82) is 0 Å². The Hall–Kier alpha value is -4.14. The number of nitrogens with zero attached hydrogens (tertiary/aromatic N) is 6. The van der Waals surface area contributed by atoms with Gasteiger partial charge in [0, 0.05) is 28.6 Å². The van der Waals surface area contributed by atoms with E-state index in [1.807, 2.05) is 31.2 Å². The fraction of sp³-hybridized carbons (Fsp3) is 0.0526. The zero-order chi connectivity index (χ0) is 19.3. The van der Waals surface area contributed by atoms with Crippen molar-refractivity contribution in [2.75, 3.05) is 5.32 Å². The first-order valence-corrected chi connectivity index (χ1v) is 8.51. The normalized spacial score (nSPS) is 12.2. The molecule has 1 N–H and O–H groups in total. The highest BCUT2D eigenvalue weighted by molar-refractivity contribution is 5.95. The number of fused-ring (bicyclic) bond motifs is 3. The average Bonchev–Trinajstić information content (AvgIpc) is 3.00. The van der Waals surface area contributed by atoms with E-state index in [9.17, 15) is 10.1 Å². The van der Waals surface area contributed by atoms with E-state index < -0.39 is 4.92 Å². The lowest BCUT2D eigenvalue weighted by Gasteiger charge is -2.07. The third-order valence-electron chi connectivity index (χ3n) is 4.52. The van der Waals surface area contributed by atoms with Gasteiger partial charge in [0.15, 0.2) is 5.82 Å². The van der Waals surface area contributed by atoms with E-state index in [1.165, 1.54) is 12.1 Å². The van der Waals surface area contributed by atoms with Crippen LogP contribution in [0.5, 0.6) is 0 Å². The van der Waals surface area contributed by atoms with Crippen molar-refractivity contribution in [3.8, 4) is 11.4 Å². The second kappa shape index (κ2) is 5.95. The summed E-state index contributed by atoms with van der Waals surface area (Å²) in [4.78, 5) is 15.1. The van der Waals surface area contributed by atoms with Gasteiger partial charge in [-0.1, -0.05) is 12.1 Å². The molecule has 9 heteroatoms. The molecule has 3 heterocycles. The molecular formula is C19H13N7O2. The molecule has 0 atom stereocenters. The molecule has 0 amide bonds. The molecule has 1 aliphatic rings. The molecule has 9 nitrogen and oxygen atoms in total. The third-order valence-corrected chi connectivity index (χ3v) is 4.52. The maximum Gasteiger partial charge on any atom is 0.269 e. The van der Waals surface area contributed by atoms with Crippen LogP contribution in [0.25, 0.3) is 22.3 Å². The van der Waals surface area contributed by atoms with Crippen LogP contribution in [0.3, 0.4) is 0 Å². The first kappa shape index (κ1) is 16.1. The van der Waals surface area contributed by atoms with Crippen LogP contribution in [-0.2, 0) is 0 Å². The zero-order valence-electron chi connectivity index (χ0n) is 14.7. The number of anilines is 2. The average molecular weight is 371 g/mol. The number of hydrogen-bond acceptors (Lipinski definition) is 7. The number of nitrogens with one attached hydrogen (secondary N) is 1. The molecule has 5 rings (SSSR count). The number of hydrogen-bond donors (Lipinski definition) is 1. The van der Waals surface area contributed by atoms with Crippen molar-refractivity contribution in [2.24, 2.45) is 5.10 Å². The lowest BCUT2D eigenvalue weighted by Crippen LogP contribution is -2.01. The summed E-state index contributed by atoms with van der Waals surface area (Å²) in [6, 6.07) is 14.2. The number of pyridine rings is 1. The van der Waals surface area contributed by atoms with Crippen molar-refractivity contribution in [3.63, 3.8) is 0 Å². The van der Waals surface area contributed by atoms with E-state index in [0.717, 1.165) is 22.0 Å². The van der Waals surface area contributed by atoms with Crippen molar-refractivity contribution in [1.82, 2.24) is 19.9 Å². The van der Waals surface area contributed by atoms with Gasteiger partial charge in [0.25, 0.3) is 11.6 Å². The van der Waals surface area contributed by atoms with Gasteiger partial charge in [0.1, 0.15) is 5.82 Å². The maximum atomic E-state index is 10.9.